The van der Waals surface area contributed by atoms with Crippen molar-refractivity contribution in [3.05, 3.63) is 65.5 Å². The number of hydrogen-bond acceptors (Lipinski definition) is 3. The summed E-state index contributed by atoms with van der Waals surface area (Å²) in [5, 5.41) is 2.83. The molecule has 2 aromatic carbocycles. The molecule has 2 amide bonds. The molecule has 6 heteroatoms. The van der Waals surface area contributed by atoms with Gasteiger partial charge in [-0.1, -0.05) is 51.1 Å². The maximum Gasteiger partial charge on any atom is 0.261 e. The van der Waals surface area contributed by atoms with E-state index in [1.807, 2.05) is 31.2 Å². The standard InChI is InChI=1S/C24H31FN2O3/c1-5-14-26-24(29)18(4)27(15-19-10-12-20(25)13-11-19)23(28)16-30-22-9-7-6-8-21(22)17(2)3/h6-13,17-18H,5,14-16H2,1-4H3,(H,26,29)/t18-/m1/s1. The minimum Gasteiger partial charge on any atom is -0.483 e. The van der Waals surface area contributed by atoms with Gasteiger partial charge in [0.05, 0.1) is 0 Å². The van der Waals surface area contributed by atoms with E-state index in [1.54, 1.807) is 19.1 Å². The third-order valence-corrected chi connectivity index (χ3v) is 4.87. The van der Waals surface area contributed by atoms with E-state index in [9.17, 15) is 14.0 Å². The quantitative estimate of drug-likeness (QED) is 0.632. The Kier molecular flexibility index (Phi) is 8.84. The minimum absolute atomic E-state index is 0.184. The Hall–Kier alpha value is -2.89. The van der Waals surface area contributed by atoms with Crippen LogP contribution in [-0.4, -0.2) is 35.9 Å². The molecule has 0 spiro atoms. The zero-order valence-corrected chi connectivity index (χ0v) is 18.2. The summed E-state index contributed by atoms with van der Waals surface area (Å²) in [5.74, 6) is 0.0296. The van der Waals surface area contributed by atoms with Crippen molar-refractivity contribution >= 4 is 11.8 Å². The van der Waals surface area contributed by atoms with E-state index in [0.29, 0.717) is 12.3 Å². The minimum atomic E-state index is -0.682. The van der Waals surface area contributed by atoms with Crippen molar-refractivity contribution in [2.45, 2.75) is 52.6 Å². The number of carbonyl (C=O) groups is 2. The summed E-state index contributed by atoms with van der Waals surface area (Å²) in [5.41, 5.74) is 1.76. The van der Waals surface area contributed by atoms with Crippen LogP contribution in [0.5, 0.6) is 5.75 Å². The monoisotopic (exact) mass is 414 g/mol. The van der Waals surface area contributed by atoms with Crippen LogP contribution in [-0.2, 0) is 16.1 Å². The summed E-state index contributed by atoms with van der Waals surface area (Å²) in [6.07, 6.45) is 0.805. The summed E-state index contributed by atoms with van der Waals surface area (Å²) in [4.78, 5) is 27.0. The summed E-state index contributed by atoms with van der Waals surface area (Å²) < 4.78 is 19.1. The van der Waals surface area contributed by atoms with Gasteiger partial charge in [0.1, 0.15) is 17.6 Å². The van der Waals surface area contributed by atoms with Crippen LogP contribution in [0.1, 0.15) is 51.2 Å². The first-order chi connectivity index (χ1) is 14.3. The Labute approximate surface area is 178 Å². The highest BCUT2D eigenvalue weighted by atomic mass is 19.1. The van der Waals surface area contributed by atoms with Gasteiger partial charge < -0.3 is 15.0 Å². The lowest BCUT2D eigenvalue weighted by Crippen LogP contribution is -2.49. The number of hydrogen-bond donors (Lipinski definition) is 1. The van der Waals surface area contributed by atoms with Gasteiger partial charge in [-0.3, -0.25) is 9.59 Å². The van der Waals surface area contributed by atoms with E-state index in [4.69, 9.17) is 4.74 Å². The maximum absolute atomic E-state index is 13.3. The molecule has 0 saturated carbocycles. The Morgan fingerprint density at radius 1 is 1.07 bits per heavy atom. The van der Waals surface area contributed by atoms with E-state index in [1.165, 1.54) is 17.0 Å². The van der Waals surface area contributed by atoms with E-state index < -0.39 is 6.04 Å². The topological polar surface area (TPSA) is 58.6 Å². The van der Waals surface area contributed by atoms with Crippen LogP contribution in [0.2, 0.25) is 0 Å². The number of nitrogens with zero attached hydrogens (tertiary/aromatic N) is 1. The van der Waals surface area contributed by atoms with Gasteiger partial charge in [-0.15, -0.1) is 0 Å². The molecule has 0 unspecified atom stereocenters. The largest absolute Gasteiger partial charge is 0.483 e. The fraction of sp³-hybridized carbons (Fsp3) is 0.417. The van der Waals surface area contributed by atoms with Gasteiger partial charge in [-0.25, -0.2) is 4.39 Å². The Morgan fingerprint density at radius 2 is 1.73 bits per heavy atom. The zero-order chi connectivity index (χ0) is 22.1. The maximum atomic E-state index is 13.3. The fourth-order valence-corrected chi connectivity index (χ4v) is 3.08. The molecule has 30 heavy (non-hydrogen) atoms. The smallest absolute Gasteiger partial charge is 0.261 e. The molecule has 0 aromatic heterocycles. The second-order valence-corrected chi connectivity index (χ2v) is 7.60. The van der Waals surface area contributed by atoms with Crippen molar-refractivity contribution in [1.29, 1.82) is 0 Å². The number of ether oxygens (including phenoxy) is 1. The number of benzene rings is 2. The van der Waals surface area contributed by atoms with Crippen LogP contribution < -0.4 is 10.1 Å². The molecule has 2 aromatic rings. The first kappa shape index (κ1) is 23.4. The van der Waals surface area contributed by atoms with Gasteiger partial charge in [0.25, 0.3) is 5.91 Å². The van der Waals surface area contributed by atoms with Crippen molar-refractivity contribution in [2.75, 3.05) is 13.2 Å². The lowest BCUT2D eigenvalue weighted by atomic mass is 10.0. The predicted octanol–water partition coefficient (Wildman–Crippen LogP) is 4.27. The molecule has 5 nitrogen and oxygen atoms in total. The van der Waals surface area contributed by atoms with Crippen molar-refractivity contribution in [3.63, 3.8) is 0 Å². The lowest BCUT2D eigenvalue weighted by molar-refractivity contribution is -0.142. The normalized spacial score (nSPS) is 11.8. The van der Waals surface area contributed by atoms with Crippen LogP contribution in [0.3, 0.4) is 0 Å². The molecule has 0 radical (unpaired) electrons. The Morgan fingerprint density at radius 3 is 2.37 bits per heavy atom. The van der Waals surface area contributed by atoms with E-state index >= 15 is 0 Å². The number of para-hydroxylation sites is 1. The number of carbonyl (C=O) groups excluding carboxylic acids is 2. The zero-order valence-electron chi connectivity index (χ0n) is 18.2. The van der Waals surface area contributed by atoms with Crippen LogP contribution in [0.15, 0.2) is 48.5 Å². The molecule has 0 fully saturated rings. The highest BCUT2D eigenvalue weighted by molar-refractivity contribution is 5.87. The van der Waals surface area contributed by atoms with Crippen LogP contribution >= 0.6 is 0 Å². The summed E-state index contributed by atoms with van der Waals surface area (Å²) in [6, 6.07) is 12.8. The number of halogens is 1. The first-order valence-corrected chi connectivity index (χ1v) is 10.4. The van der Waals surface area contributed by atoms with Crippen molar-refractivity contribution in [2.24, 2.45) is 0 Å². The van der Waals surface area contributed by atoms with Gasteiger partial charge in [-0.2, -0.15) is 0 Å². The van der Waals surface area contributed by atoms with E-state index in [2.05, 4.69) is 19.2 Å². The number of nitrogens with one attached hydrogen (secondary N) is 1. The third kappa shape index (κ3) is 6.58. The van der Waals surface area contributed by atoms with Gasteiger partial charge in [0.2, 0.25) is 5.91 Å². The first-order valence-electron chi connectivity index (χ1n) is 10.4. The summed E-state index contributed by atoms with van der Waals surface area (Å²) in [6.45, 7) is 8.32. The molecular formula is C24H31FN2O3. The average molecular weight is 415 g/mol. The summed E-state index contributed by atoms with van der Waals surface area (Å²) >= 11 is 0. The fourth-order valence-electron chi connectivity index (χ4n) is 3.08. The van der Waals surface area contributed by atoms with Gasteiger partial charge in [0.15, 0.2) is 6.61 Å². The summed E-state index contributed by atoms with van der Waals surface area (Å²) in [7, 11) is 0. The van der Waals surface area contributed by atoms with E-state index in [0.717, 1.165) is 17.5 Å². The van der Waals surface area contributed by atoms with Gasteiger partial charge in [0, 0.05) is 13.1 Å². The molecule has 0 aliphatic carbocycles. The molecule has 2 rings (SSSR count). The molecular weight excluding hydrogens is 383 g/mol. The van der Waals surface area contributed by atoms with Crippen LogP contribution in [0, 0.1) is 5.82 Å². The van der Waals surface area contributed by atoms with Gasteiger partial charge >= 0.3 is 0 Å². The average Bonchev–Trinajstić information content (AvgIpc) is 2.75. The highest BCUT2D eigenvalue weighted by Crippen LogP contribution is 2.26. The van der Waals surface area contributed by atoms with Crippen molar-refractivity contribution in [3.8, 4) is 5.75 Å². The Bertz CT molecular complexity index is 837. The molecule has 0 aliphatic heterocycles. The molecule has 0 bridgehead atoms. The lowest BCUT2D eigenvalue weighted by Gasteiger charge is -2.29. The second-order valence-electron chi connectivity index (χ2n) is 7.60. The molecule has 1 N–H and O–H groups in total. The van der Waals surface area contributed by atoms with E-state index in [-0.39, 0.29) is 36.7 Å². The molecule has 162 valence electrons. The SMILES string of the molecule is CCCNC(=O)[C@@H](C)N(Cc1ccc(F)cc1)C(=O)COc1ccccc1C(C)C. The second kappa shape index (κ2) is 11.3. The highest BCUT2D eigenvalue weighted by Gasteiger charge is 2.26. The van der Waals surface area contributed by atoms with Crippen LogP contribution in [0.4, 0.5) is 4.39 Å². The van der Waals surface area contributed by atoms with Crippen molar-refractivity contribution in [1.82, 2.24) is 10.2 Å². The molecule has 0 heterocycles. The molecule has 0 saturated heterocycles. The van der Waals surface area contributed by atoms with Crippen molar-refractivity contribution < 1.29 is 18.7 Å². The van der Waals surface area contributed by atoms with Crippen LogP contribution in [0.25, 0.3) is 0 Å². The molecule has 1 atom stereocenters. The number of rotatable bonds is 10. The Balaban J connectivity index is 2.16. The number of amides is 2. The predicted molar refractivity (Wildman–Crippen MR) is 116 cm³/mol. The third-order valence-electron chi connectivity index (χ3n) is 4.87. The molecule has 0 aliphatic rings. The van der Waals surface area contributed by atoms with Gasteiger partial charge in [-0.05, 0) is 48.6 Å².